The molecule has 0 aromatic heterocycles. The minimum absolute atomic E-state index is 0.342. The van der Waals surface area contributed by atoms with E-state index in [2.05, 4.69) is 10.9 Å². The number of hydrazine groups is 1. The fourth-order valence-electron chi connectivity index (χ4n) is 1.75. The molecule has 0 unspecified atom stereocenters. The van der Waals surface area contributed by atoms with Crippen LogP contribution in [0.15, 0.2) is 23.4 Å². The van der Waals surface area contributed by atoms with Crippen LogP contribution in [0, 0.1) is 18.6 Å². The predicted molar refractivity (Wildman–Crippen MR) is 58.6 cm³/mol. The van der Waals surface area contributed by atoms with Crippen LogP contribution in [0.4, 0.5) is 8.78 Å². The number of nitrogens with one attached hydrogen (secondary N) is 2. The minimum atomic E-state index is -0.741. The van der Waals surface area contributed by atoms with E-state index in [0.29, 0.717) is 24.1 Å². The molecule has 0 spiro atoms. The molecule has 1 aromatic rings. The first-order valence-electron chi connectivity index (χ1n) is 5.20. The van der Waals surface area contributed by atoms with Gasteiger partial charge in [0.05, 0.1) is 0 Å². The van der Waals surface area contributed by atoms with Crippen molar-refractivity contribution in [2.45, 2.75) is 20.3 Å². The summed E-state index contributed by atoms with van der Waals surface area (Å²) in [7, 11) is 0. The zero-order chi connectivity index (χ0) is 11.7. The van der Waals surface area contributed by atoms with Crippen LogP contribution in [0.1, 0.15) is 18.1 Å². The van der Waals surface area contributed by atoms with Crippen LogP contribution in [0.2, 0.25) is 0 Å². The first-order valence-corrected chi connectivity index (χ1v) is 5.20. The Morgan fingerprint density at radius 2 is 1.94 bits per heavy atom. The van der Waals surface area contributed by atoms with Gasteiger partial charge in [-0.25, -0.2) is 14.2 Å². The third-order valence-corrected chi connectivity index (χ3v) is 2.87. The van der Waals surface area contributed by atoms with Crippen LogP contribution < -0.4 is 10.9 Å². The van der Waals surface area contributed by atoms with Crippen LogP contribution >= 0.6 is 0 Å². The highest BCUT2D eigenvalue weighted by atomic mass is 19.2. The largest absolute Gasteiger partial charge is 0.326 e. The van der Waals surface area contributed by atoms with Crippen molar-refractivity contribution < 1.29 is 8.78 Å². The summed E-state index contributed by atoms with van der Waals surface area (Å²) < 4.78 is 26.9. The molecular weight excluding hydrogens is 210 g/mol. The molecule has 0 radical (unpaired) electrons. The molecule has 1 aliphatic rings. The monoisotopic (exact) mass is 224 g/mol. The van der Waals surface area contributed by atoms with E-state index in [1.165, 1.54) is 0 Å². The number of hydrogen-bond acceptors (Lipinski definition) is 2. The maximum absolute atomic E-state index is 13.6. The highest BCUT2D eigenvalue weighted by Gasteiger charge is 2.15. The average molecular weight is 224 g/mol. The molecule has 2 nitrogen and oxygen atoms in total. The Labute approximate surface area is 93.3 Å². The predicted octanol–water partition coefficient (Wildman–Crippen LogP) is 2.20. The summed E-state index contributed by atoms with van der Waals surface area (Å²) in [4.78, 5) is 0. The summed E-state index contributed by atoms with van der Waals surface area (Å²) in [6.07, 6.45) is 0.439. The van der Waals surface area contributed by atoms with E-state index in [1.54, 1.807) is 19.1 Å². The van der Waals surface area contributed by atoms with Crippen LogP contribution in [-0.2, 0) is 6.42 Å². The second-order valence-electron chi connectivity index (χ2n) is 4.05. The third kappa shape index (κ3) is 1.93. The molecule has 1 aliphatic heterocycles. The molecule has 0 bridgehead atoms. The number of aryl methyl sites for hydroxylation is 1. The van der Waals surface area contributed by atoms with Gasteiger partial charge in [-0.1, -0.05) is 12.1 Å². The topological polar surface area (TPSA) is 24.1 Å². The Kier molecular flexibility index (Phi) is 2.92. The Balaban J connectivity index is 2.29. The maximum Gasteiger partial charge on any atom is 0.162 e. The summed E-state index contributed by atoms with van der Waals surface area (Å²) in [6.45, 7) is 4.14. The minimum Gasteiger partial charge on any atom is -0.326 e. The van der Waals surface area contributed by atoms with Gasteiger partial charge in [-0.05, 0) is 37.0 Å². The van der Waals surface area contributed by atoms with Crippen LogP contribution in [0.25, 0.3) is 0 Å². The van der Waals surface area contributed by atoms with E-state index in [-0.39, 0.29) is 0 Å². The molecule has 0 fully saturated rings. The third-order valence-electron chi connectivity index (χ3n) is 2.87. The molecule has 0 saturated heterocycles. The molecule has 2 rings (SSSR count). The Hall–Kier alpha value is -1.42. The normalized spacial score (nSPS) is 15.5. The molecule has 2 N–H and O–H groups in total. The molecule has 0 atom stereocenters. The SMILES string of the molecule is CC1=C(Cc2ccc(C)c(F)c2F)CNN1. The van der Waals surface area contributed by atoms with E-state index >= 15 is 0 Å². The lowest BCUT2D eigenvalue weighted by molar-refractivity contribution is 0.495. The van der Waals surface area contributed by atoms with Gasteiger partial charge in [-0.3, -0.25) is 0 Å². The lowest BCUT2D eigenvalue weighted by Gasteiger charge is -2.06. The van der Waals surface area contributed by atoms with Crippen molar-refractivity contribution >= 4 is 0 Å². The molecule has 0 saturated carbocycles. The van der Waals surface area contributed by atoms with Crippen LogP contribution in [-0.4, -0.2) is 6.54 Å². The number of rotatable bonds is 2. The van der Waals surface area contributed by atoms with E-state index < -0.39 is 11.6 Å². The highest BCUT2D eigenvalue weighted by Crippen LogP contribution is 2.20. The zero-order valence-electron chi connectivity index (χ0n) is 9.32. The standard InChI is InChI=1S/C12H14F2N2/c1-7-3-4-9(12(14)11(7)13)5-10-6-15-16-8(10)2/h3-4,15-16H,5-6H2,1-2H3. The molecule has 0 amide bonds. The number of halogens is 2. The molecule has 86 valence electrons. The van der Waals surface area contributed by atoms with Gasteiger partial charge in [0.2, 0.25) is 0 Å². The van der Waals surface area contributed by atoms with Crippen molar-refractivity contribution in [2.24, 2.45) is 0 Å². The first-order chi connectivity index (χ1) is 7.59. The van der Waals surface area contributed by atoms with Crippen LogP contribution in [0.5, 0.6) is 0 Å². The fourth-order valence-corrected chi connectivity index (χ4v) is 1.75. The van der Waals surface area contributed by atoms with E-state index in [4.69, 9.17) is 0 Å². The average Bonchev–Trinajstić information content (AvgIpc) is 2.65. The van der Waals surface area contributed by atoms with Gasteiger partial charge in [-0.15, -0.1) is 0 Å². The first kappa shape index (κ1) is 11.1. The van der Waals surface area contributed by atoms with Gasteiger partial charge in [0.25, 0.3) is 0 Å². The second-order valence-corrected chi connectivity index (χ2v) is 4.05. The van der Waals surface area contributed by atoms with Gasteiger partial charge in [0.15, 0.2) is 11.6 Å². The van der Waals surface area contributed by atoms with Crippen molar-refractivity contribution in [3.8, 4) is 0 Å². The van der Waals surface area contributed by atoms with E-state index in [9.17, 15) is 8.78 Å². The smallest absolute Gasteiger partial charge is 0.162 e. The number of benzene rings is 1. The molecule has 1 heterocycles. The van der Waals surface area contributed by atoms with Gasteiger partial charge in [-0.2, -0.15) is 0 Å². The van der Waals surface area contributed by atoms with Crippen molar-refractivity contribution in [2.75, 3.05) is 6.54 Å². The van der Waals surface area contributed by atoms with Crippen molar-refractivity contribution in [3.05, 3.63) is 46.2 Å². The zero-order valence-corrected chi connectivity index (χ0v) is 9.32. The summed E-state index contributed by atoms with van der Waals surface area (Å²) in [6, 6.07) is 3.26. The molecule has 0 aliphatic carbocycles. The van der Waals surface area contributed by atoms with Gasteiger partial charge < -0.3 is 5.43 Å². The quantitative estimate of drug-likeness (QED) is 0.804. The molecule has 16 heavy (non-hydrogen) atoms. The Morgan fingerprint density at radius 1 is 1.19 bits per heavy atom. The van der Waals surface area contributed by atoms with Gasteiger partial charge in [0.1, 0.15) is 0 Å². The lowest BCUT2D eigenvalue weighted by atomic mass is 10.0. The van der Waals surface area contributed by atoms with Crippen LogP contribution in [0.3, 0.4) is 0 Å². The number of allylic oxidation sites excluding steroid dienone is 1. The Morgan fingerprint density at radius 3 is 2.56 bits per heavy atom. The molecule has 1 aromatic carbocycles. The van der Waals surface area contributed by atoms with E-state index in [1.807, 2.05) is 6.92 Å². The summed E-state index contributed by atoms with van der Waals surface area (Å²) >= 11 is 0. The highest BCUT2D eigenvalue weighted by molar-refractivity contribution is 5.31. The molecular formula is C12H14F2N2. The number of hydrogen-bond donors (Lipinski definition) is 2. The summed E-state index contributed by atoms with van der Waals surface area (Å²) in [5, 5.41) is 0. The van der Waals surface area contributed by atoms with Crippen molar-refractivity contribution in [1.82, 2.24) is 10.9 Å². The van der Waals surface area contributed by atoms with E-state index in [0.717, 1.165) is 11.3 Å². The second kappa shape index (κ2) is 4.22. The van der Waals surface area contributed by atoms with Gasteiger partial charge >= 0.3 is 0 Å². The molecule has 4 heteroatoms. The Bertz CT molecular complexity index is 453. The van der Waals surface area contributed by atoms with Gasteiger partial charge in [0, 0.05) is 12.2 Å². The maximum atomic E-state index is 13.6. The van der Waals surface area contributed by atoms with Crippen molar-refractivity contribution in [3.63, 3.8) is 0 Å². The lowest BCUT2D eigenvalue weighted by Crippen LogP contribution is -2.22. The van der Waals surface area contributed by atoms with Crippen molar-refractivity contribution in [1.29, 1.82) is 0 Å². The summed E-state index contributed by atoms with van der Waals surface area (Å²) in [5.41, 5.74) is 8.69. The summed E-state index contributed by atoms with van der Waals surface area (Å²) in [5.74, 6) is -1.47. The fraction of sp³-hybridized carbons (Fsp3) is 0.333.